The summed E-state index contributed by atoms with van der Waals surface area (Å²) in [6.07, 6.45) is 5.30. The number of hydrogen-bond acceptors (Lipinski definition) is 8. The summed E-state index contributed by atoms with van der Waals surface area (Å²) in [5, 5.41) is 32.1. The van der Waals surface area contributed by atoms with Gasteiger partial charge in [0.15, 0.2) is 16.5 Å². The molecule has 4 N–H and O–H groups in total. The lowest BCUT2D eigenvalue weighted by Gasteiger charge is -2.47. The van der Waals surface area contributed by atoms with Crippen LogP contribution in [0, 0.1) is 5.92 Å². The molecule has 2 aliphatic carbocycles. The van der Waals surface area contributed by atoms with Crippen LogP contribution in [0.2, 0.25) is 0 Å². The van der Waals surface area contributed by atoms with Gasteiger partial charge in [0.2, 0.25) is 5.43 Å². The van der Waals surface area contributed by atoms with Crippen LogP contribution in [0.5, 0.6) is 5.75 Å². The number of nitrogens with zero attached hydrogens (tertiary/aromatic N) is 3. The van der Waals surface area contributed by atoms with Crippen LogP contribution in [0.4, 0.5) is 8.78 Å². The van der Waals surface area contributed by atoms with Gasteiger partial charge in [-0.3, -0.25) is 14.9 Å². The summed E-state index contributed by atoms with van der Waals surface area (Å²) in [4.78, 5) is 30.9. The van der Waals surface area contributed by atoms with E-state index in [0.717, 1.165) is 30.3 Å². The van der Waals surface area contributed by atoms with E-state index in [-0.39, 0.29) is 41.6 Å². The molecule has 37 heavy (non-hydrogen) atoms. The molecule has 1 amide bonds. The van der Waals surface area contributed by atoms with Gasteiger partial charge in [0.05, 0.1) is 11.2 Å². The van der Waals surface area contributed by atoms with Crippen molar-refractivity contribution in [2.45, 2.75) is 57.3 Å². The Morgan fingerprint density at radius 1 is 1.35 bits per heavy atom. The quantitative estimate of drug-likeness (QED) is 0.382. The van der Waals surface area contributed by atoms with Gasteiger partial charge in [-0.15, -0.1) is 10.2 Å². The molecular weight excluding hydrogens is 504 g/mol. The molecule has 0 saturated heterocycles. The zero-order valence-electron chi connectivity index (χ0n) is 20.8. The molecule has 1 saturated carbocycles. The molecule has 9 nitrogen and oxygen atoms in total. The van der Waals surface area contributed by atoms with Crippen molar-refractivity contribution >= 4 is 17.2 Å². The molecule has 0 bridgehead atoms. The Balaban J connectivity index is 1.56. The summed E-state index contributed by atoms with van der Waals surface area (Å²) in [7, 11) is 1.77. The van der Waals surface area contributed by atoms with Gasteiger partial charge in [-0.2, -0.15) is 0 Å². The molecule has 200 valence electrons. The first-order valence-electron chi connectivity index (χ1n) is 12.3. The highest BCUT2D eigenvalue weighted by Crippen LogP contribution is 2.36. The normalized spacial score (nSPS) is 23.9. The first kappa shape index (κ1) is 27.1. The Labute approximate surface area is 216 Å². The van der Waals surface area contributed by atoms with Crippen molar-refractivity contribution in [1.29, 1.82) is 0 Å². The van der Waals surface area contributed by atoms with Crippen molar-refractivity contribution < 1.29 is 23.8 Å². The number of H-pyrrole nitrogens is 1. The Bertz CT molecular complexity index is 1270. The van der Waals surface area contributed by atoms with Crippen LogP contribution in [-0.2, 0) is 6.42 Å². The summed E-state index contributed by atoms with van der Waals surface area (Å²) in [6, 6.07) is 0. The predicted octanol–water partition coefficient (Wildman–Crippen LogP) is 3.22. The molecule has 2 heterocycles. The second-order valence-electron chi connectivity index (χ2n) is 9.39. The van der Waals surface area contributed by atoms with E-state index in [1.807, 2.05) is 6.92 Å². The van der Waals surface area contributed by atoms with Crippen molar-refractivity contribution in [3.63, 3.8) is 0 Å². The summed E-state index contributed by atoms with van der Waals surface area (Å²) in [6.45, 7) is 2.27. The molecule has 12 heteroatoms. The van der Waals surface area contributed by atoms with E-state index in [1.54, 1.807) is 11.9 Å². The third-order valence-electron chi connectivity index (χ3n) is 7.27. The number of aromatic hydroxyl groups is 1. The van der Waals surface area contributed by atoms with Gasteiger partial charge in [0.25, 0.3) is 5.91 Å². The molecule has 2 aromatic heterocycles. The van der Waals surface area contributed by atoms with Crippen LogP contribution in [0.1, 0.15) is 54.5 Å². The van der Waals surface area contributed by atoms with E-state index in [1.165, 1.54) is 12.3 Å². The largest absolute Gasteiger partial charge is 0.503 e. The summed E-state index contributed by atoms with van der Waals surface area (Å²) >= 11 is 1.05. The smallest absolute Gasteiger partial charge is 0.275 e. The van der Waals surface area contributed by atoms with Gasteiger partial charge in [0, 0.05) is 32.2 Å². The second-order valence-corrected chi connectivity index (χ2v) is 10.4. The van der Waals surface area contributed by atoms with E-state index in [4.69, 9.17) is 0 Å². The molecule has 0 aromatic carbocycles. The lowest BCUT2D eigenvalue weighted by Crippen LogP contribution is -2.61. The molecule has 0 aliphatic heterocycles. The van der Waals surface area contributed by atoms with Gasteiger partial charge in [-0.25, -0.2) is 8.78 Å². The predicted molar refractivity (Wildman–Crippen MR) is 136 cm³/mol. The van der Waals surface area contributed by atoms with Crippen LogP contribution in [0.15, 0.2) is 34.5 Å². The van der Waals surface area contributed by atoms with Crippen molar-refractivity contribution in [1.82, 2.24) is 25.4 Å². The summed E-state index contributed by atoms with van der Waals surface area (Å²) < 4.78 is 27.3. The number of aromatic nitrogens is 3. The molecule has 2 aromatic rings. The maximum atomic E-state index is 14.0. The standard InChI is InChI=1S/C25H31F2N5O4S/c1-3-32(25(28-2)8-6-14(13-33)7-9-25)24(36)20-22(35)21(34)17(12-29-20)23-31-30-19(37-23)10-15-4-5-16(26)11-18(15)27/h4,11-12,14,16,28,33,35H,3,5-10,13H2,1-2H3,(H,29,34). The van der Waals surface area contributed by atoms with E-state index < -0.39 is 34.7 Å². The fraction of sp³-hybridized carbons (Fsp3) is 0.520. The van der Waals surface area contributed by atoms with E-state index in [0.29, 0.717) is 30.0 Å². The fourth-order valence-corrected chi connectivity index (χ4v) is 5.92. The number of halogens is 2. The number of pyridine rings is 1. The lowest BCUT2D eigenvalue weighted by atomic mass is 9.81. The van der Waals surface area contributed by atoms with Crippen LogP contribution < -0.4 is 10.7 Å². The Hall–Kier alpha value is -2.96. The van der Waals surface area contributed by atoms with E-state index in [9.17, 15) is 28.6 Å². The van der Waals surface area contributed by atoms with Gasteiger partial charge in [-0.1, -0.05) is 17.4 Å². The number of carbonyl (C=O) groups is 1. The Kier molecular flexibility index (Phi) is 8.20. The average Bonchev–Trinajstić information content (AvgIpc) is 3.36. The van der Waals surface area contributed by atoms with Crippen LogP contribution >= 0.6 is 11.3 Å². The SMILES string of the molecule is CCN(C(=O)c1[nH]cc(-c2nnc(CC3=CCC(F)C=C3F)s2)c(=O)c1O)C1(NC)CCC(CO)CC1. The molecule has 0 spiro atoms. The van der Waals surface area contributed by atoms with Gasteiger partial charge in [0.1, 0.15) is 17.0 Å². The number of amides is 1. The maximum Gasteiger partial charge on any atom is 0.275 e. The molecule has 0 radical (unpaired) electrons. The number of allylic oxidation sites excluding steroid dienone is 4. The lowest BCUT2D eigenvalue weighted by molar-refractivity contribution is 0.00987. The first-order valence-corrected chi connectivity index (χ1v) is 13.1. The molecule has 1 atom stereocenters. The highest BCUT2D eigenvalue weighted by atomic mass is 32.1. The van der Waals surface area contributed by atoms with Gasteiger partial charge in [-0.05, 0) is 57.2 Å². The Morgan fingerprint density at radius 3 is 2.70 bits per heavy atom. The van der Waals surface area contributed by atoms with Crippen LogP contribution in [-0.4, -0.2) is 68.2 Å². The van der Waals surface area contributed by atoms with Crippen molar-refractivity contribution in [2.24, 2.45) is 5.92 Å². The second kappa shape index (κ2) is 11.2. The fourth-order valence-electron chi connectivity index (χ4n) is 5.05. The summed E-state index contributed by atoms with van der Waals surface area (Å²) in [5.41, 5.74) is -1.32. The number of aromatic amines is 1. The van der Waals surface area contributed by atoms with E-state index in [2.05, 4.69) is 20.5 Å². The minimum absolute atomic E-state index is 0.0325. The third kappa shape index (κ3) is 5.36. The van der Waals surface area contributed by atoms with E-state index >= 15 is 0 Å². The van der Waals surface area contributed by atoms with Crippen molar-refractivity contribution in [3.8, 4) is 16.3 Å². The monoisotopic (exact) mass is 535 g/mol. The molecule has 4 rings (SSSR count). The average molecular weight is 536 g/mol. The van der Waals surface area contributed by atoms with Crippen molar-refractivity contribution in [2.75, 3.05) is 20.2 Å². The zero-order chi connectivity index (χ0) is 26.7. The number of alkyl halides is 1. The topological polar surface area (TPSA) is 131 Å². The van der Waals surface area contributed by atoms with Gasteiger partial charge < -0.3 is 20.1 Å². The number of aliphatic hydroxyl groups is 1. The molecule has 1 fully saturated rings. The van der Waals surface area contributed by atoms with Crippen molar-refractivity contribution in [3.05, 3.63) is 50.7 Å². The highest BCUT2D eigenvalue weighted by Gasteiger charge is 2.42. The Morgan fingerprint density at radius 2 is 2.08 bits per heavy atom. The number of aliphatic hydroxyl groups excluding tert-OH is 1. The minimum Gasteiger partial charge on any atom is -0.503 e. The maximum absolute atomic E-state index is 14.0. The molecule has 1 unspecified atom stereocenters. The van der Waals surface area contributed by atoms with Crippen LogP contribution in [0.25, 0.3) is 10.6 Å². The third-order valence-corrected chi connectivity index (χ3v) is 8.22. The number of carbonyl (C=O) groups excluding carboxylic acids is 1. The summed E-state index contributed by atoms with van der Waals surface area (Å²) in [5.74, 6) is -1.69. The number of rotatable bonds is 8. The minimum atomic E-state index is -1.35. The first-order chi connectivity index (χ1) is 17.7. The highest BCUT2D eigenvalue weighted by molar-refractivity contribution is 7.14. The van der Waals surface area contributed by atoms with Crippen LogP contribution in [0.3, 0.4) is 0 Å². The zero-order valence-corrected chi connectivity index (χ0v) is 21.6. The molecule has 2 aliphatic rings. The number of nitrogens with one attached hydrogen (secondary N) is 2. The number of hydrogen-bond donors (Lipinski definition) is 4. The molecular formula is C25H31F2N5O4S. The van der Waals surface area contributed by atoms with Gasteiger partial charge >= 0.3 is 0 Å².